The second-order valence-electron chi connectivity index (χ2n) is 3.71. The van der Waals surface area contributed by atoms with Crippen LogP contribution in [0.4, 0.5) is 0 Å². The van der Waals surface area contributed by atoms with E-state index in [9.17, 15) is 14.7 Å². The number of esters is 1. The molecule has 0 aliphatic heterocycles. The lowest BCUT2D eigenvalue weighted by Gasteiger charge is -2.09. The molecule has 1 aromatic rings. The van der Waals surface area contributed by atoms with Crippen LogP contribution in [-0.2, 0) is 20.9 Å². The van der Waals surface area contributed by atoms with Crippen molar-refractivity contribution in [3.05, 3.63) is 35.9 Å². The average Bonchev–Trinajstić information content (AvgIpc) is 2.36. The summed E-state index contributed by atoms with van der Waals surface area (Å²) in [7, 11) is 0. The third-order valence-corrected chi connectivity index (χ3v) is 2.25. The van der Waals surface area contributed by atoms with Gasteiger partial charge in [0.2, 0.25) is 6.10 Å². The van der Waals surface area contributed by atoms with Gasteiger partial charge in [-0.25, -0.2) is 4.79 Å². The van der Waals surface area contributed by atoms with Crippen LogP contribution >= 0.6 is 0 Å². The maximum absolute atomic E-state index is 11.3. The van der Waals surface area contributed by atoms with Crippen LogP contribution < -0.4 is 0 Å². The average molecular weight is 236 g/mol. The number of carbonyl (C=O) groups excluding carboxylic acids is 2. The number of hydrogen-bond acceptors (Lipinski definition) is 4. The SMILES string of the molecule is CCCC(=O)C(O)C(=O)OCc1ccccc1. The van der Waals surface area contributed by atoms with E-state index in [-0.39, 0.29) is 13.0 Å². The fourth-order valence-electron chi connectivity index (χ4n) is 1.32. The third-order valence-electron chi connectivity index (χ3n) is 2.25. The van der Waals surface area contributed by atoms with Gasteiger partial charge in [0.05, 0.1) is 0 Å². The molecule has 1 atom stereocenters. The van der Waals surface area contributed by atoms with Gasteiger partial charge < -0.3 is 9.84 Å². The van der Waals surface area contributed by atoms with Crippen LogP contribution in [0, 0.1) is 0 Å². The van der Waals surface area contributed by atoms with Gasteiger partial charge in [0.15, 0.2) is 5.78 Å². The zero-order valence-corrected chi connectivity index (χ0v) is 9.76. The molecule has 0 radical (unpaired) electrons. The van der Waals surface area contributed by atoms with Crippen molar-refractivity contribution < 1.29 is 19.4 Å². The van der Waals surface area contributed by atoms with Gasteiger partial charge in [-0.05, 0) is 12.0 Å². The van der Waals surface area contributed by atoms with Crippen molar-refractivity contribution in [1.29, 1.82) is 0 Å². The van der Waals surface area contributed by atoms with Gasteiger partial charge in [-0.15, -0.1) is 0 Å². The van der Waals surface area contributed by atoms with E-state index in [4.69, 9.17) is 4.74 Å². The van der Waals surface area contributed by atoms with E-state index in [1.807, 2.05) is 18.2 Å². The summed E-state index contributed by atoms with van der Waals surface area (Å²) < 4.78 is 4.85. The molecular weight excluding hydrogens is 220 g/mol. The standard InChI is InChI=1S/C13H16O4/c1-2-6-11(14)12(15)13(16)17-9-10-7-4-3-5-8-10/h3-5,7-8,12,15H,2,6,9H2,1H3. The Kier molecular flexibility index (Phi) is 5.36. The van der Waals surface area contributed by atoms with Crippen molar-refractivity contribution in [3.8, 4) is 0 Å². The lowest BCUT2D eigenvalue weighted by Crippen LogP contribution is -2.31. The number of carbonyl (C=O) groups is 2. The molecule has 0 spiro atoms. The minimum absolute atomic E-state index is 0.0656. The summed E-state index contributed by atoms with van der Waals surface area (Å²) in [6, 6.07) is 9.09. The first-order valence-corrected chi connectivity index (χ1v) is 5.56. The third kappa shape index (κ3) is 4.36. The smallest absolute Gasteiger partial charge is 0.343 e. The minimum atomic E-state index is -1.65. The number of ketones is 1. The zero-order chi connectivity index (χ0) is 12.7. The topological polar surface area (TPSA) is 63.6 Å². The summed E-state index contributed by atoms with van der Waals surface area (Å²) in [5.74, 6) is -1.38. The Morgan fingerprint density at radius 2 is 1.94 bits per heavy atom. The highest BCUT2D eigenvalue weighted by Gasteiger charge is 2.24. The second-order valence-corrected chi connectivity index (χ2v) is 3.71. The molecule has 0 aliphatic carbocycles. The molecule has 0 fully saturated rings. The van der Waals surface area contributed by atoms with Crippen molar-refractivity contribution in [2.75, 3.05) is 0 Å². The summed E-state index contributed by atoms with van der Waals surface area (Å²) in [5, 5.41) is 9.37. The lowest BCUT2D eigenvalue weighted by molar-refractivity contribution is -0.158. The fourth-order valence-corrected chi connectivity index (χ4v) is 1.32. The number of ether oxygens (including phenoxy) is 1. The molecule has 0 aromatic heterocycles. The van der Waals surface area contributed by atoms with Crippen molar-refractivity contribution in [2.24, 2.45) is 0 Å². The first kappa shape index (κ1) is 13.4. The first-order chi connectivity index (χ1) is 8.15. The van der Waals surface area contributed by atoms with Crippen molar-refractivity contribution in [2.45, 2.75) is 32.5 Å². The minimum Gasteiger partial charge on any atom is -0.459 e. The summed E-state index contributed by atoms with van der Waals surface area (Å²) in [6.07, 6.45) is -0.873. The maximum atomic E-state index is 11.3. The lowest BCUT2D eigenvalue weighted by atomic mass is 10.1. The molecule has 4 heteroatoms. The van der Waals surface area contributed by atoms with Crippen molar-refractivity contribution in [3.63, 3.8) is 0 Å². The quantitative estimate of drug-likeness (QED) is 0.600. The van der Waals surface area contributed by atoms with Gasteiger partial charge in [0.25, 0.3) is 0 Å². The summed E-state index contributed by atoms with van der Waals surface area (Å²) in [4.78, 5) is 22.6. The Morgan fingerprint density at radius 3 is 2.53 bits per heavy atom. The molecule has 1 aromatic carbocycles. The number of aliphatic hydroxyl groups is 1. The van der Waals surface area contributed by atoms with E-state index in [0.717, 1.165) is 5.56 Å². The Balaban J connectivity index is 2.42. The zero-order valence-electron chi connectivity index (χ0n) is 9.76. The van der Waals surface area contributed by atoms with E-state index in [1.54, 1.807) is 19.1 Å². The van der Waals surface area contributed by atoms with Crippen LogP contribution in [0.2, 0.25) is 0 Å². The van der Waals surface area contributed by atoms with Crippen molar-refractivity contribution in [1.82, 2.24) is 0 Å². The Hall–Kier alpha value is -1.68. The molecule has 0 saturated carbocycles. The van der Waals surface area contributed by atoms with Crippen LogP contribution in [0.5, 0.6) is 0 Å². The van der Waals surface area contributed by atoms with E-state index in [0.29, 0.717) is 6.42 Å². The predicted molar refractivity (Wildman–Crippen MR) is 62.2 cm³/mol. The van der Waals surface area contributed by atoms with E-state index in [2.05, 4.69) is 0 Å². The second kappa shape index (κ2) is 6.81. The summed E-state index contributed by atoms with van der Waals surface area (Å²) >= 11 is 0. The molecular formula is C13H16O4. The predicted octanol–water partition coefficient (Wildman–Crippen LogP) is 1.46. The van der Waals surface area contributed by atoms with Crippen LogP contribution in [0.1, 0.15) is 25.3 Å². The highest BCUT2D eigenvalue weighted by molar-refractivity contribution is 6.01. The van der Waals surface area contributed by atoms with E-state index >= 15 is 0 Å². The number of rotatable bonds is 6. The molecule has 1 N–H and O–H groups in total. The molecule has 4 nitrogen and oxygen atoms in total. The van der Waals surface area contributed by atoms with Gasteiger partial charge >= 0.3 is 5.97 Å². The van der Waals surface area contributed by atoms with E-state index in [1.165, 1.54) is 0 Å². The Bertz CT molecular complexity index is 372. The summed E-state index contributed by atoms with van der Waals surface area (Å²) in [5.41, 5.74) is 0.816. The Labute approximate surface area is 100 Å². The molecule has 17 heavy (non-hydrogen) atoms. The van der Waals surface area contributed by atoms with Crippen LogP contribution in [0.3, 0.4) is 0 Å². The van der Waals surface area contributed by atoms with Gasteiger partial charge in [-0.3, -0.25) is 4.79 Å². The molecule has 0 bridgehead atoms. The summed E-state index contributed by atoms with van der Waals surface area (Å²) in [6.45, 7) is 1.87. The first-order valence-electron chi connectivity index (χ1n) is 5.56. The van der Waals surface area contributed by atoms with Crippen LogP contribution in [0.15, 0.2) is 30.3 Å². The monoisotopic (exact) mass is 236 g/mol. The van der Waals surface area contributed by atoms with Gasteiger partial charge in [0.1, 0.15) is 6.61 Å². The molecule has 1 unspecified atom stereocenters. The van der Waals surface area contributed by atoms with Crippen LogP contribution in [-0.4, -0.2) is 23.0 Å². The maximum Gasteiger partial charge on any atom is 0.343 e. The molecule has 92 valence electrons. The molecule has 0 heterocycles. The molecule has 0 saturated heterocycles. The fraction of sp³-hybridized carbons (Fsp3) is 0.385. The van der Waals surface area contributed by atoms with Crippen molar-refractivity contribution >= 4 is 11.8 Å². The number of aliphatic hydroxyl groups excluding tert-OH is 1. The number of hydrogen-bond donors (Lipinski definition) is 1. The molecule has 0 aliphatic rings. The highest BCUT2D eigenvalue weighted by Crippen LogP contribution is 2.03. The number of Topliss-reactive ketones (excluding diaryl/α,β-unsaturated/α-hetero) is 1. The highest BCUT2D eigenvalue weighted by atomic mass is 16.5. The number of benzene rings is 1. The van der Waals surface area contributed by atoms with E-state index < -0.39 is 17.9 Å². The normalized spacial score (nSPS) is 11.9. The van der Waals surface area contributed by atoms with Gasteiger partial charge in [-0.1, -0.05) is 37.3 Å². The molecule has 1 rings (SSSR count). The Morgan fingerprint density at radius 1 is 1.29 bits per heavy atom. The van der Waals surface area contributed by atoms with Gasteiger partial charge in [-0.2, -0.15) is 0 Å². The van der Waals surface area contributed by atoms with Gasteiger partial charge in [0, 0.05) is 6.42 Å². The largest absolute Gasteiger partial charge is 0.459 e. The van der Waals surface area contributed by atoms with Crippen LogP contribution in [0.25, 0.3) is 0 Å². The molecule has 0 amide bonds.